The normalized spacial score (nSPS) is 16.7. The van der Waals surface area contributed by atoms with Crippen LogP contribution in [0.4, 0.5) is 10.2 Å². The van der Waals surface area contributed by atoms with Gasteiger partial charge in [0.2, 0.25) is 5.91 Å². The van der Waals surface area contributed by atoms with Crippen molar-refractivity contribution in [2.24, 2.45) is 0 Å². The first-order valence-electron chi connectivity index (χ1n) is 9.03. The van der Waals surface area contributed by atoms with Crippen molar-refractivity contribution in [2.45, 2.75) is 32.9 Å². The second-order valence-corrected chi connectivity index (χ2v) is 6.96. The third-order valence-corrected chi connectivity index (χ3v) is 5.15. The molecule has 0 saturated carbocycles. The molecule has 2 aromatic carbocycles. The zero-order valence-corrected chi connectivity index (χ0v) is 15.4. The fourth-order valence-electron chi connectivity index (χ4n) is 3.71. The maximum atomic E-state index is 13.8. The van der Waals surface area contributed by atoms with E-state index in [0.29, 0.717) is 13.1 Å². The number of rotatable bonds is 2. The van der Waals surface area contributed by atoms with E-state index in [9.17, 15) is 9.18 Å². The van der Waals surface area contributed by atoms with Crippen LogP contribution in [0.15, 0.2) is 42.7 Å². The van der Waals surface area contributed by atoms with Crippen LogP contribution >= 0.6 is 0 Å². The zero-order chi connectivity index (χ0) is 19.0. The average molecular weight is 364 g/mol. The number of halogens is 1. The summed E-state index contributed by atoms with van der Waals surface area (Å²) >= 11 is 0. The highest BCUT2D eigenvalue weighted by Gasteiger charge is 2.24. The number of aryl methyl sites for hydroxylation is 1. The second kappa shape index (κ2) is 6.95. The number of benzene rings is 2. The molecule has 1 aliphatic heterocycles. The summed E-state index contributed by atoms with van der Waals surface area (Å²) in [4.78, 5) is 22.5. The van der Waals surface area contributed by atoms with E-state index in [1.54, 1.807) is 24.2 Å². The van der Waals surface area contributed by atoms with E-state index in [0.717, 1.165) is 39.8 Å². The minimum Gasteiger partial charge on any atom is -0.363 e. The maximum Gasteiger partial charge on any atom is 0.219 e. The summed E-state index contributed by atoms with van der Waals surface area (Å²) in [5, 5.41) is 4.47. The Bertz CT molecular complexity index is 1020. The van der Waals surface area contributed by atoms with Crippen LogP contribution in [-0.4, -0.2) is 27.3 Å². The van der Waals surface area contributed by atoms with Gasteiger partial charge in [0.25, 0.3) is 0 Å². The van der Waals surface area contributed by atoms with E-state index < -0.39 is 0 Å². The van der Waals surface area contributed by atoms with Crippen LogP contribution in [0.2, 0.25) is 0 Å². The van der Waals surface area contributed by atoms with Gasteiger partial charge < -0.3 is 10.2 Å². The highest BCUT2D eigenvalue weighted by atomic mass is 19.1. The average Bonchev–Trinajstić information content (AvgIpc) is 2.82. The molecule has 3 aromatic rings. The Balaban J connectivity index is 1.75. The Morgan fingerprint density at radius 3 is 2.93 bits per heavy atom. The Morgan fingerprint density at radius 1 is 1.26 bits per heavy atom. The lowest BCUT2D eigenvalue weighted by Crippen LogP contribution is -2.28. The summed E-state index contributed by atoms with van der Waals surface area (Å²) in [7, 11) is 0. The first-order chi connectivity index (χ1) is 13.0. The molecular formula is C21H21FN4O. The van der Waals surface area contributed by atoms with Gasteiger partial charge in [-0.15, -0.1) is 0 Å². The zero-order valence-electron chi connectivity index (χ0n) is 15.4. The van der Waals surface area contributed by atoms with Gasteiger partial charge in [0, 0.05) is 25.4 Å². The molecule has 0 bridgehead atoms. The van der Waals surface area contributed by atoms with E-state index >= 15 is 0 Å². The predicted molar refractivity (Wildman–Crippen MR) is 103 cm³/mol. The first kappa shape index (κ1) is 17.4. The fraction of sp³-hybridized carbons (Fsp3) is 0.286. The van der Waals surface area contributed by atoms with Gasteiger partial charge in [0.15, 0.2) is 0 Å². The first-order valence-corrected chi connectivity index (χ1v) is 9.03. The van der Waals surface area contributed by atoms with Gasteiger partial charge in [-0.25, -0.2) is 14.4 Å². The number of aromatic nitrogens is 2. The molecule has 27 heavy (non-hydrogen) atoms. The summed E-state index contributed by atoms with van der Waals surface area (Å²) in [6, 6.07) is 10.7. The summed E-state index contributed by atoms with van der Waals surface area (Å²) < 4.78 is 13.8. The van der Waals surface area contributed by atoms with Gasteiger partial charge in [-0.1, -0.05) is 18.2 Å². The molecule has 138 valence electrons. The van der Waals surface area contributed by atoms with Crippen molar-refractivity contribution in [1.29, 1.82) is 0 Å². The third kappa shape index (κ3) is 3.35. The van der Waals surface area contributed by atoms with Gasteiger partial charge in [-0.3, -0.25) is 4.79 Å². The number of fused-ring (bicyclic) bond motifs is 2. The summed E-state index contributed by atoms with van der Waals surface area (Å²) in [5.41, 5.74) is 3.83. The molecule has 0 radical (unpaired) electrons. The SMILES string of the molecule is CC(=O)N1CCC(Nc2ncnc3c(C)cccc23)c2ccc(F)cc2C1. The number of hydrogen-bond donors (Lipinski definition) is 1. The van der Waals surface area contributed by atoms with Crippen LogP contribution in [-0.2, 0) is 11.3 Å². The van der Waals surface area contributed by atoms with E-state index in [2.05, 4.69) is 15.3 Å². The van der Waals surface area contributed by atoms with Crippen LogP contribution in [0.3, 0.4) is 0 Å². The van der Waals surface area contributed by atoms with Crippen molar-refractivity contribution in [3.05, 3.63) is 65.2 Å². The van der Waals surface area contributed by atoms with Crippen molar-refractivity contribution in [3.63, 3.8) is 0 Å². The van der Waals surface area contributed by atoms with Crippen LogP contribution in [0.5, 0.6) is 0 Å². The molecule has 2 heterocycles. The van der Waals surface area contributed by atoms with Crippen LogP contribution < -0.4 is 5.32 Å². The molecule has 0 spiro atoms. The topological polar surface area (TPSA) is 58.1 Å². The molecule has 1 unspecified atom stereocenters. The molecule has 0 aliphatic carbocycles. The van der Waals surface area contributed by atoms with Gasteiger partial charge >= 0.3 is 0 Å². The summed E-state index contributed by atoms with van der Waals surface area (Å²) in [5.74, 6) is 0.454. The summed E-state index contributed by atoms with van der Waals surface area (Å²) in [6.07, 6.45) is 2.28. The van der Waals surface area contributed by atoms with Crippen molar-refractivity contribution >= 4 is 22.6 Å². The number of nitrogens with one attached hydrogen (secondary N) is 1. The molecule has 1 atom stereocenters. The smallest absolute Gasteiger partial charge is 0.219 e. The molecule has 4 rings (SSSR count). The maximum absolute atomic E-state index is 13.8. The molecule has 5 nitrogen and oxygen atoms in total. The third-order valence-electron chi connectivity index (χ3n) is 5.15. The van der Waals surface area contributed by atoms with Crippen LogP contribution in [0, 0.1) is 12.7 Å². The monoisotopic (exact) mass is 364 g/mol. The largest absolute Gasteiger partial charge is 0.363 e. The minimum absolute atomic E-state index is 0.00558. The van der Waals surface area contributed by atoms with E-state index in [1.807, 2.05) is 25.1 Å². The molecule has 1 amide bonds. The summed E-state index contributed by atoms with van der Waals surface area (Å²) in [6.45, 7) is 4.59. The lowest BCUT2D eigenvalue weighted by atomic mass is 9.99. The van der Waals surface area contributed by atoms with Crippen molar-refractivity contribution in [1.82, 2.24) is 14.9 Å². The van der Waals surface area contributed by atoms with Gasteiger partial charge in [-0.05, 0) is 48.2 Å². The lowest BCUT2D eigenvalue weighted by Gasteiger charge is -2.21. The number of carbonyl (C=O) groups is 1. The van der Waals surface area contributed by atoms with Crippen molar-refractivity contribution in [2.75, 3.05) is 11.9 Å². The molecule has 1 aliphatic rings. The number of hydrogen-bond acceptors (Lipinski definition) is 4. The highest BCUT2D eigenvalue weighted by molar-refractivity contribution is 5.91. The van der Waals surface area contributed by atoms with E-state index in [-0.39, 0.29) is 17.8 Å². The molecular weight excluding hydrogens is 343 g/mol. The molecule has 6 heteroatoms. The van der Waals surface area contributed by atoms with Crippen molar-refractivity contribution in [3.8, 4) is 0 Å². The van der Waals surface area contributed by atoms with Crippen LogP contribution in [0.1, 0.15) is 36.1 Å². The Morgan fingerprint density at radius 2 is 2.11 bits per heavy atom. The molecule has 1 aromatic heterocycles. The van der Waals surface area contributed by atoms with Gasteiger partial charge in [0.1, 0.15) is 18.0 Å². The number of nitrogens with zero attached hydrogens (tertiary/aromatic N) is 3. The second-order valence-electron chi connectivity index (χ2n) is 6.96. The standard InChI is InChI=1S/C21H21FN4O/c1-13-4-3-5-18-20(13)23-12-24-21(18)25-19-8-9-26(14(2)27)11-15-10-16(22)6-7-17(15)19/h3-7,10,12,19H,8-9,11H2,1-2H3,(H,23,24,25). The molecule has 0 saturated heterocycles. The minimum atomic E-state index is -0.291. The molecule has 1 N–H and O–H groups in total. The number of para-hydroxylation sites is 1. The number of carbonyl (C=O) groups excluding carboxylic acids is 1. The van der Waals surface area contributed by atoms with E-state index in [4.69, 9.17) is 0 Å². The van der Waals surface area contributed by atoms with Gasteiger partial charge in [-0.2, -0.15) is 0 Å². The van der Waals surface area contributed by atoms with E-state index in [1.165, 1.54) is 12.1 Å². The van der Waals surface area contributed by atoms with Gasteiger partial charge in [0.05, 0.1) is 11.6 Å². The number of anilines is 1. The lowest BCUT2D eigenvalue weighted by molar-refractivity contribution is -0.129. The fourth-order valence-corrected chi connectivity index (χ4v) is 3.71. The molecule has 0 fully saturated rings. The highest BCUT2D eigenvalue weighted by Crippen LogP contribution is 2.32. The Hall–Kier alpha value is -3.02. The number of amides is 1. The van der Waals surface area contributed by atoms with Crippen LogP contribution in [0.25, 0.3) is 10.9 Å². The Kier molecular flexibility index (Phi) is 4.48. The predicted octanol–water partition coefficient (Wildman–Crippen LogP) is 3.98. The van der Waals surface area contributed by atoms with Crippen molar-refractivity contribution < 1.29 is 9.18 Å². The Labute approximate surface area is 157 Å². The quantitative estimate of drug-likeness (QED) is 0.747.